The molecule has 8 nitrogen and oxygen atoms in total. The fourth-order valence-corrected chi connectivity index (χ4v) is 2.49. The first-order valence-corrected chi connectivity index (χ1v) is 7.32. The van der Waals surface area contributed by atoms with Crippen LogP contribution in [0.1, 0.15) is 20.3 Å². The highest BCUT2D eigenvalue weighted by Gasteiger charge is 2.12. The van der Waals surface area contributed by atoms with Gasteiger partial charge in [0.15, 0.2) is 5.16 Å². The summed E-state index contributed by atoms with van der Waals surface area (Å²) in [6.45, 7) is 5.15. The van der Waals surface area contributed by atoms with Gasteiger partial charge < -0.3 is 5.32 Å². The van der Waals surface area contributed by atoms with E-state index in [1.165, 1.54) is 4.57 Å². The molecule has 0 aliphatic heterocycles. The molecule has 0 unspecified atom stereocenters. The zero-order chi connectivity index (χ0) is 14.5. The molecule has 0 aliphatic rings. The van der Waals surface area contributed by atoms with Crippen molar-refractivity contribution in [1.29, 1.82) is 0 Å². The Hall–Kier alpha value is -1.61. The summed E-state index contributed by atoms with van der Waals surface area (Å²) in [5.41, 5.74) is -0.264. The third kappa shape index (κ3) is 3.48. The summed E-state index contributed by atoms with van der Waals surface area (Å²) in [5, 5.41) is 10.3. The molecule has 0 saturated heterocycles. The summed E-state index contributed by atoms with van der Waals surface area (Å²) in [5.74, 6) is 0.412. The Kier molecular flexibility index (Phi) is 4.96. The van der Waals surface area contributed by atoms with Gasteiger partial charge in [-0.15, -0.1) is 5.10 Å². The van der Waals surface area contributed by atoms with Crippen LogP contribution in [0.25, 0.3) is 0 Å². The second-order valence-electron chi connectivity index (χ2n) is 3.80. The lowest BCUT2D eigenvalue weighted by Gasteiger charge is -2.05. The number of nitrogens with one attached hydrogen (secondary N) is 2. The fourth-order valence-electron chi connectivity index (χ4n) is 1.44. The van der Waals surface area contributed by atoms with Gasteiger partial charge in [-0.1, -0.05) is 6.92 Å². The summed E-state index contributed by atoms with van der Waals surface area (Å²) in [6.07, 6.45) is 0.945. The lowest BCUT2D eigenvalue weighted by atomic mass is 10.5. The Morgan fingerprint density at radius 2 is 2.15 bits per heavy atom. The Morgan fingerprint density at radius 1 is 1.35 bits per heavy atom. The van der Waals surface area contributed by atoms with E-state index in [0.717, 1.165) is 24.7 Å². The molecule has 0 amide bonds. The largest absolute Gasteiger partial charge is 0.354 e. The molecule has 0 saturated carbocycles. The molecule has 10 heteroatoms. The first kappa shape index (κ1) is 14.8. The number of halogens is 1. The molecule has 20 heavy (non-hydrogen) atoms. The second-order valence-corrected chi connectivity index (χ2v) is 5.07. The maximum absolute atomic E-state index is 11.5. The highest BCUT2D eigenvalue weighted by atomic mass is 35.5. The van der Waals surface area contributed by atoms with Crippen LogP contribution in [0.4, 0.5) is 5.95 Å². The first-order valence-electron chi connectivity index (χ1n) is 6.12. The van der Waals surface area contributed by atoms with Gasteiger partial charge in [0.2, 0.25) is 16.4 Å². The van der Waals surface area contributed by atoms with Crippen molar-refractivity contribution in [2.45, 2.75) is 37.1 Å². The zero-order valence-electron chi connectivity index (χ0n) is 11.1. The van der Waals surface area contributed by atoms with Crippen molar-refractivity contribution in [2.75, 3.05) is 11.9 Å². The van der Waals surface area contributed by atoms with Gasteiger partial charge in [0, 0.05) is 13.1 Å². The smallest absolute Gasteiger partial charge is 0.343 e. The predicted octanol–water partition coefficient (Wildman–Crippen LogP) is 1.40. The van der Waals surface area contributed by atoms with Crippen molar-refractivity contribution in [3.8, 4) is 0 Å². The van der Waals surface area contributed by atoms with E-state index in [0.29, 0.717) is 22.8 Å². The maximum Gasteiger partial charge on any atom is 0.343 e. The van der Waals surface area contributed by atoms with Gasteiger partial charge in [-0.25, -0.2) is 9.89 Å². The summed E-state index contributed by atoms with van der Waals surface area (Å²) in [6, 6.07) is 0. The van der Waals surface area contributed by atoms with Crippen molar-refractivity contribution in [1.82, 2.24) is 29.7 Å². The van der Waals surface area contributed by atoms with E-state index in [9.17, 15) is 4.79 Å². The summed E-state index contributed by atoms with van der Waals surface area (Å²) in [4.78, 5) is 23.7. The third-order valence-electron chi connectivity index (χ3n) is 2.34. The van der Waals surface area contributed by atoms with E-state index < -0.39 is 0 Å². The maximum atomic E-state index is 11.5. The van der Waals surface area contributed by atoms with Crippen LogP contribution in [0.15, 0.2) is 15.1 Å². The van der Waals surface area contributed by atoms with Crippen molar-refractivity contribution >= 4 is 29.3 Å². The molecule has 0 bridgehead atoms. The molecule has 0 aromatic carbocycles. The Bertz CT molecular complexity index is 641. The van der Waals surface area contributed by atoms with Crippen LogP contribution in [0.3, 0.4) is 0 Å². The van der Waals surface area contributed by atoms with E-state index in [1.807, 2.05) is 13.8 Å². The minimum absolute atomic E-state index is 0.0991. The van der Waals surface area contributed by atoms with Gasteiger partial charge in [0.1, 0.15) is 0 Å². The van der Waals surface area contributed by atoms with Crippen molar-refractivity contribution in [3.05, 3.63) is 15.8 Å². The molecule has 0 spiro atoms. The van der Waals surface area contributed by atoms with Crippen LogP contribution in [-0.4, -0.2) is 36.3 Å². The van der Waals surface area contributed by atoms with Gasteiger partial charge in [-0.2, -0.15) is 15.0 Å². The molecule has 2 heterocycles. The standard InChI is InChI=1S/C10H14ClN7OS/c1-3-5-12-7-13-6(11)14-8(15-7)20-10-17-16-9(19)18(10)4-2/h3-5H2,1-2H3,(H,16,19)(H,12,13,14,15). The molecule has 0 fully saturated rings. The van der Waals surface area contributed by atoms with Crippen molar-refractivity contribution in [3.63, 3.8) is 0 Å². The van der Waals surface area contributed by atoms with Crippen LogP contribution in [0.5, 0.6) is 0 Å². The molecular formula is C10H14ClN7OS. The minimum Gasteiger partial charge on any atom is -0.354 e. The Balaban J connectivity index is 2.24. The van der Waals surface area contributed by atoms with Crippen LogP contribution in [-0.2, 0) is 6.54 Å². The third-order valence-corrected chi connectivity index (χ3v) is 3.37. The highest BCUT2D eigenvalue weighted by molar-refractivity contribution is 7.99. The molecule has 2 aromatic heterocycles. The van der Waals surface area contributed by atoms with Gasteiger partial charge in [0.25, 0.3) is 0 Å². The van der Waals surface area contributed by atoms with E-state index >= 15 is 0 Å². The minimum atomic E-state index is -0.264. The van der Waals surface area contributed by atoms with E-state index in [4.69, 9.17) is 11.6 Å². The number of anilines is 1. The van der Waals surface area contributed by atoms with Crippen LogP contribution >= 0.6 is 23.4 Å². The lowest BCUT2D eigenvalue weighted by Crippen LogP contribution is -2.16. The highest BCUT2D eigenvalue weighted by Crippen LogP contribution is 2.23. The molecule has 0 radical (unpaired) electrons. The Morgan fingerprint density at radius 3 is 2.85 bits per heavy atom. The number of aromatic nitrogens is 6. The van der Waals surface area contributed by atoms with Crippen molar-refractivity contribution in [2.24, 2.45) is 0 Å². The topological polar surface area (TPSA) is 101 Å². The first-order chi connectivity index (χ1) is 9.63. The normalized spacial score (nSPS) is 10.8. The summed E-state index contributed by atoms with van der Waals surface area (Å²) >= 11 is 7.02. The fraction of sp³-hybridized carbons (Fsp3) is 0.500. The molecule has 0 aliphatic carbocycles. The van der Waals surface area contributed by atoms with Gasteiger partial charge in [0.05, 0.1) is 0 Å². The molecular weight excluding hydrogens is 302 g/mol. The number of hydrogen-bond acceptors (Lipinski definition) is 7. The lowest BCUT2D eigenvalue weighted by molar-refractivity contribution is 0.659. The molecule has 108 valence electrons. The SMILES string of the molecule is CCCNc1nc(Cl)nc(Sc2n[nH]c(=O)n2CC)n1. The van der Waals surface area contributed by atoms with Gasteiger partial charge in [-0.05, 0) is 36.7 Å². The zero-order valence-corrected chi connectivity index (χ0v) is 12.6. The number of H-pyrrole nitrogens is 1. The van der Waals surface area contributed by atoms with E-state index in [-0.39, 0.29) is 11.0 Å². The quantitative estimate of drug-likeness (QED) is 0.830. The average molecular weight is 316 g/mol. The number of nitrogens with zero attached hydrogens (tertiary/aromatic N) is 5. The predicted molar refractivity (Wildman–Crippen MR) is 76.3 cm³/mol. The molecule has 2 rings (SSSR count). The number of aromatic amines is 1. The molecule has 2 aromatic rings. The molecule has 0 atom stereocenters. The van der Waals surface area contributed by atoms with Crippen LogP contribution in [0, 0.1) is 0 Å². The Labute approximate surface area is 124 Å². The average Bonchev–Trinajstić information content (AvgIpc) is 2.76. The number of rotatable bonds is 6. The van der Waals surface area contributed by atoms with Gasteiger partial charge in [-0.3, -0.25) is 4.57 Å². The molecule has 2 N–H and O–H groups in total. The number of hydrogen-bond donors (Lipinski definition) is 2. The summed E-state index contributed by atoms with van der Waals surface area (Å²) in [7, 11) is 0. The summed E-state index contributed by atoms with van der Waals surface area (Å²) < 4.78 is 1.49. The van der Waals surface area contributed by atoms with Gasteiger partial charge >= 0.3 is 5.69 Å². The van der Waals surface area contributed by atoms with E-state index in [2.05, 4.69) is 30.5 Å². The van der Waals surface area contributed by atoms with E-state index in [1.54, 1.807) is 0 Å². The van der Waals surface area contributed by atoms with Crippen LogP contribution < -0.4 is 11.0 Å². The van der Waals surface area contributed by atoms with Crippen LogP contribution in [0.2, 0.25) is 5.28 Å². The monoisotopic (exact) mass is 315 g/mol. The second kappa shape index (κ2) is 6.71. The van der Waals surface area contributed by atoms with Crippen molar-refractivity contribution < 1.29 is 0 Å².